The lowest BCUT2D eigenvalue weighted by molar-refractivity contribution is -0.140. The molecule has 1 heterocycles. The maximum Gasteiger partial charge on any atom is 0.417 e. The smallest absolute Gasteiger partial charge is 0.245 e. The summed E-state index contributed by atoms with van der Waals surface area (Å²) in [5, 5.41) is 8.20. The van der Waals surface area contributed by atoms with E-state index in [9.17, 15) is 22.0 Å². The molecule has 17 heavy (non-hydrogen) atoms. The molecule has 0 aliphatic rings. The summed E-state index contributed by atoms with van der Waals surface area (Å²) in [5.41, 5.74) is -3.79. The summed E-state index contributed by atoms with van der Waals surface area (Å²) in [6, 6.07) is 1.44. The lowest BCUT2D eigenvalue weighted by atomic mass is 10.0. The Balaban J connectivity index is 3.64. The fourth-order valence-electron chi connectivity index (χ4n) is 1.30. The van der Waals surface area contributed by atoms with Gasteiger partial charge in [0.25, 0.3) is 6.43 Å². The molecule has 0 amide bonds. The Labute approximate surface area is 101 Å². The van der Waals surface area contributed by atoms with Gasteiger partial charge in [0.05, 0.1) is 5.56 Å². The Hall–Kier alpha value is -1.23. The average molecular weight is 315 g/mol. The number of nitrogens with zero attached hydrogens (tertiary/aromatic N) is 2. The SMILES string of the molecule is N#Cc1ncc(C(F)F)c(C(F)(F)F)c1CBr. The zero-order valence-electron chi connectivity index (χ0n) is 8.02. The summed E-state index contributed by atoms with van der Waals surface area (Å²) in [6.45, 7) is 0. The van der Waals surface area contributed by atoms with E-state index in [0.29, 0.717) is 6.20 Å². The molecule has 1 rings (SSSR count). The van der Waals surface area contributed by atoms with Crippen molar-refractivity contribution in [2.24, 2.45) is 0 Å². The molecule has 0 aromatic carbocycles. The lowest BCUT2D eigenvalue weighted by Crippen LogP contribution is -2.15. The first-order chi connectivity index (χ1) is 7.82. The highest BCUT2D eigenvalue weighted by Gasteiger charge is 2.39. The van der Waals surface area contributed by atoms with Gasteiger partial charge < -0.3 is 0 Å². The van der Waals surface area contributed by atoms with Crippen LogP contribution in [0.2, 0.25) is 0 Å². The molecule has 0 atom stereocenters. The van der Waals surface area contributed by atoms with Crippen molar-refractivity contribution >= 4 is 15.9 Å². The molecule has 1 aromatic rings. The van der Waals surface area contributed by atoms with Gasteiger partial charge in [-0.15, -0.1) is 0 Å². The molecule has 0 aliphatic heterocycles. The minimum atomic E-state index is -4.95. The minimum absolute atomic E-state index is 0.377. The van der Waals surface area contributed by atoms with Gasteiger partial charge in [0.1, 0.15) is 11.8 Å². The largest absolute Gasteiger partial charge is 0.417 e. The molecule has 0 saturated heterocycles. The van der Waals surface area contributed by atoms with Crippen LogP contribution in [0.5, 0.6) is 0 Å². The van der Waals surface area contributed by atoms with E-state index in [0.717, 1.165) is 0 Å². The normalized spacial score (nSPS) is 11.6. The second-order valence-electron chi connectivity index (χ2n) is 2.96. The third-order valence-electron chi connectivity index (χ3n) is 1.97. The second-order valence-corrected chi connectivity index (χ2v) is 3.52. The molecule has 2 nitrogen and oxygen atoms in total. The Bertz CT molecular complexity index is 464. The average Bonchev–Trinajstić information content (AvgIpc) is 2.25. The Morgan fingerprint density at radius 3 is 2.35 bits per heavy atom. The van der Waals surface area contributed by atoms with Crippen molar-refractivity contribution in [1.82, 2.24) is 4.98 Å². The summed E-state index contributed by atoms with van der Waals surface area (Å²) in [4.78, 5) is 3.29. The van der Waals surface area contributed by atoms with Crippen molar-refractivity contribution in [2.75, 3.05) is 0 Å². The molecule has 8 heteroatoms. The van der Waals surface area contributed by atoms with E-state index in [4.69, 9.17) is 5.26 Å². The molecule has 0 aliphatic carbocycles. The number of nitriles is 1. The monoisotopic (exact) mass is 314 g/mol. The van der Waals surface area contributed by atoms with Gasteiger partial charge in [0.2, 0.25) is 0 Å². The van der Waals surface area contributed by atoms with Crippen LogP contribution in [0, 0.1) is 11.3 Å². The number of hydrogen-bond acceptors (Lipinski definition) is 2. The predicted octanol–water partition coefficient (Wildman–Crippen LogP) is 3.80. The first-order valence-corrected chi connectivity index (χ1v) is 5.28. The third-order valence-corrected chi connectivity index (χ3v) is 2.53. The van der Waals surface area contributed by atoms with Gasteiger partial charge in [-0.2, -0.15) is 18.4 Å². The highest BCUT2D eigenvalue weighted by molar-refractivity contribution is 9.08. The van der Waals surface area contributed by atoms with Crippen LogP contribution >= 0.6 is 15.9 Å². The summed E-state index contributed by atoms with van der Waals surface area (Å²) in [6.07, 6.45) is -7.87. The summed E-state index contributed by atoms with van der Waals surface area (Å²) in [5.74, 6) is 0. The van der Waals surface area contributed by atoms with Gasteiger partial charge in [0.15, 0.2) is 0 Å². The van der Waals surface area contributed by atoms with Crippen molar-refractivity contribution in [2.45, 2.75) is 17.9 Å². The van der Waals surface area contributed by atoms with Crippen molar-refractivity contribution in [3.8, 4) is 6.07 Å². The summed E-state index contributed by atoms with van der Waals surface area (Å²) < 4.78 is 63.0. The van der Waals surface area contributed by atoms with Gasteiger partial charge in [-0.05, 0) is 0 Å². The molecule has 0 unspecified atom stereocenters. The van der Waals surface area contributed by atoms with Crippen LogP contribution < -0.4 is 0 Å². The fourth-order valence-corrected chi connectivity index (χ4v) is 1.84. The highest BCUT2D eigenvalue weighted by atomic mass is 79.9. The van der Waals surface area contributed by atoms with E-state index >= 15 is 0 Å². The standard InChI is InChI=1S/C9H4BrF5N2/c10-1-4-6(2-16)17-3-5(8(11)12)7(4)9(13,14)15/h3,8H,1H2. The first-order valence-electron chi connectivity index (χ1n) is 4.16. The Kier molecular flexibility index (Phi) is 4.03. The molecule has 92 valence electrons. The molecule has 1 aromatic heterocycles. The zero-order chi connectivity index (χ0) is 13.2. The van der Waals surface area contributed by atoms with Gasteiger partial charge >= 0.3 is 6.18 Å². The van der Waals surface area contributed by atoms with Crippen LogP contribution in [-0.4, -0.2) is 4.98 Å². The van der Waals surface area contributed by atoms with Gasteiger partial charge in [-0.25, -0.2) is 13.8 Å². The van der Waals surface area contributed by atoms with Crippen molar-refractivity contribution < 1.29 is 22.0 Å². The summed E-state index contributed by atoms with van der Waals surface area (Å²) >= 11 is 2.74. The number of aromatic nitrogens is 1. The van der Waals surface area contributed by atoms with Gasteiger partial charge in [-0.1, -0.05) is 15.9 Å². The van der Waals surface area contributed by atoms with E-state index in [1.807, 2.05) is 0 Å². The number of pyridine rings is 1. The maximum atomic E-state index is 12.7. The van der Waals surface area contributed by atoms with Gasteiger partial charge in [-0.3, -0.25) is 0 Å². The second kappa shape index (κ2) is 4.96. The molecule has 0 bridgehead atoms. The molecule has 0 N–H and O–H groups in total. The van der Waals surface area contributed by atoms with Crippen molar-refractivity contribution in [3.05, 3.63) is 28.6 Å². The first kappa shape index (κ1) is 13.8. The predicted molar refractivity (Wildman–Crippen MR) is 51.5 cm³/mol. The highest BCUT2D eigenvalue weighted by Crippen LogP contribution is 2.39. The number of alkyl halides is 6. The minimum Gasteiger partial charge on any atom is -0.245 e. The molecular formula is C9H4BrF5N2. The number of rotatable bonds is 2. The van der Waals surface area contributed by atoms with E-state index in [-0.39, 0.29) is 5.33 Å². The number of halogens is 6. The van der Waals surface area contributed by atoms with Crippen LogP contribution in [0.3, 0.4) is 0 Å². The van der Waals surface area contributed by atoms with Crippen LogP contribution in [0.1, 0.15) is 28.8 Å². The molecule has 0 saturated carbocycles. The Morgan fingerprint density at radius 1 is 1.41 bits per heavy atom. The van der Waals surface area contributed by atoms with E-state index in [2.05, 4.69) is 20.9 Å². The maximum absolute atomic E-state index is 12.7. The lowest BCUT2D eigenvalue weighted by Gasteiger charge is -2.16. The number of hydrogen-bond donors (Lipinski definition) is 0. The van der Waals surface area contributed by atoms with Crippen LogP contribution in [-0.2, 0) is 11.5 Å². The zero-order valence-corrected chi connectivity index (χ0v) is 9.61. The van der Waals surface area contributed by atoms with Crippen LogP contribution in [0.4, 0.5) is 22.0 Å². The van der Waals surface area contributed by atoms with E-state index in [1.54, 1.807) is 0 Å². The topological polar surface area (TPSA) is 36.7 Å². The fraction of sp³-hybridized carbons (Fsp3) is 0.333. The van der Waals surface area contributed by atoms with Crippen LogP contribution in [0.25, 0.3) is 0 Å². The van der Waals surface area contributed by atoms with Crippen molar-refractivity contribution in [3.63, 3.8) is 0 Å². The molecule has 0 fully saturated rings. The van der Waals surface area contributed by atoms with Crippen molar-refractivity contribution in [1.29, 1.82) is 5.26 Å². The van der Waals surface area contributed by atoms with Crippen LogP contribution in [0.15, 0.2) is 6.20 Å². The van der Waals surface area contributed by atoms with Gasteiger partial charge in [0, 0.05) is 22.7 Å². The third kappa shape index (κ3) is 2.72. The molecule has 0 radical (unpaired) electrons. The van der Waals surface area contributed by atoms with E-state index in [1.165, 1.54) is 6.07 Å². The Morgan fingerprint density at radius 2 is 2.00 bits per heavy atom. The molecule has 0 spiro atoms. The summed E-state index contributed by atoms with van der Waals surface area (Å²) in [7, 11) is 0. The van der Waals surface area contributed by atoms with E-state index < -0.39 is 35.0 Å². The molecular weight excluding hydrogens is 311 g/mol. The quantitative estimate of drug-likeness (QED) is 0.615.